The van der Waals surface area contributed by atoms with Gasteiger partial charge in [-0.25, -0.2) is 9.59 Å². The van der Waals surface area contributed by atoms with Crippen LogP contribution in [0.25, 0.3) is 0 Å². The van der Waals surface area contributed by atoms with Crippen molar-refractivity contribution in [2.24, 2.45) is 0 Å². The molecule has 0 radical (unpaired) electrons. The van der Waals surface area contributed by atoms with Crippen molar-refractivity contribution in [1.82, 2.24) is 0 Å². The smallest absolute Gasteiger partial charge is 0.335 e. The second-order valence-corrected chi connectivity index (χ2v) is 11.6. The van der Waals surface area contributed by atoms with E-state index in [9.17, 15) is 9.59 Å². The van der Waals surface area contributed by atoms with Gasteiger partial charge in [0.05, 0.1) is 13.2 Å². The molecule has 0 N–H and O–H groups in total. The van der Waals surface area contributed by atoms with Gasteiger partial charge in [0.2, 0.25) is 0 Å². The zero-order chi connectivity index (χ0) is 37.6. The summed E-state index contributed by atoms with van der Waals surface area (Å²) in [6.07, 6.45) is 3.51. The zero-order valence-electron chi connectivity index (χ0n) is 31.2. The quantitative estimate of drug-likeness (QED) is 0.0996. The van der Waals surface area contributed by atoms with Gasteiger partial charge in [-0.1, -0.05) is 54.0 Å². The molecule has 3 aromatic rings. The maximum Gasteiger partial charge on any atom is 0.335 e. The summed E-state index contributed by atoms with van der Waals surface area (Å²) in [4.78, 5) is 24.3. The van der Waals surface area contributed by atoms with Crippen LogP contribution in [0.3, 0.4) is 0 Å². The van der Waals surface area contributed by atoms with Gasteiger partial charge in [-0.05, 0) is 118 Å². The van der Waals surface area contributed by atoms with E-state index in [-0.39, 0.29) is 11.9 Å². The highest BCUT2D eigenvalue weighted by Gasteiger charge is 2.21. The molecule has 0 heterocycles. The highest BCUT2D eigenvalue weighted by Crippen LogP contribution is 2.17. The first-order valence-corrected chi connectivity index (χ1v) is 17.7. The van der Waals surface area contributed by atoms with E-state index < -0.39 is 12.2 Å². The summed E-state index contributed by atoms with van der Waals surface area (Å²) in [7, 11) is 0. The molecule has 0 bridgehead atoms. The topological polar surface area (TPSA) is 89.5 Å². The molecule has 8 nitrogen and oxygen atoms in total. The van der Waals surface area contributed by atoms with Crippen LogP contribution in [0.5, 0.6) is 11.5 Å². The van der Waals surface area contributed by atoms with Crippen LogP contribution >= 0.6 is 0 Å². The fourth-order valence-electron chi connectivity index (χ4n) is 4.81. The molecule has 0 spiro atoms. The zero-order valence-corrected chi connectivity index (χ0v) is 31.2. The first-order chi connectivity index (χ1) is 25.2. The molecule has 3 rings (SSSR count). The summed E-state index contributed by atoms with van der Waals surface area (Å²) in [5.41, 5.74) is 5.44. The van der Waals surface area contributed by atoms with E-state index >= 15 is 0 Å². The van der Waals surface area contributed by atoms with Crippen molar-refractivity contribution in [1.29, 1.82) is 0 Å². The maximum atomic E-state index is 12.1. The molecule has 2 atom stereocenters. The standard InChI is InChI=1S/C44H50O8/c1-7-47-41(43(45)49-9-3)31-37-18-22-39(23-19-37)51-28-26-33(5)14-16-35-12-11-13-36(30-35)17-15-34(6)27-29-52-40-24-20-38(21-25-40)32-42(48-8-2)44(46)50-10-4/h11-13,18-27,30,41-42H,7-10,28-29,31-32H2,1-6H3/t41-,42-/m0/s1. The normalized spacial score (nSPS) is 12.3. The summed E-state index contributed by atoms with van der Waals surface area (Å²) in [6, 6.07) is 23.0. The minimum atomic E-state index is -0.621. The Morgan fingerprint density at radius 3 is 1.37 bits per heavy atom. The second kappa shape index (κ2) is 23.2. The number of allylic oxidation sites excluding steroid dienone is 2. The van der Waals surface area contributed by atoms with Crippen molar-refractivity contribution >= 4 is 11.9 Å². The van der Waals surface area contributed by atoms with Gasteiger partial charge in [0, 0.05) is 37.2 Å². The van der Waals surface area contributed by atoms with Gasteiger partial charge in [0.25, 0.3) is 0 Å². The lowest BCUT2D eigenvalue weighted by atomic mass is 10.1. The van der Waals surface area contributed by atoms with Gasteiger partial charge in [0.15, 0.2) is 12.2 Å². The highest BCUT2D eigenvalue weighted by atomic mass is 16.6. The number of ether oxygens (including phenoxy) is 6. The van der Waals surface area contributed by atoms with Crippen molar-refractivity contribution in [3.8, 4) is 35.2 Å². The Morgan fingerprint density at radius 1 is 0.596 bits per heavy atom. The minimum absolute atomic E-state index is 0.321. The molecule has 0 unspecified atom stereocenters. The number of esters is 2. The molecule has 52 heavy (non-hydrogen) atoms. The molecule has 0 aromatic heterocycles. The molecular formula is C44H50O8. The third kappa shape index (κ3) is 15.3. The maximum absolute atomic E-state index is 12.1. The van der Waals surface area contributed by atoms with Crippen molar-refractivity contribution in [2.45, 2.75) is 66.6 Å². The summed E-state index contributed by atoms with van der Waals surface area (Å²) in [5, 5.41) is 0. The molecule has 0 aliphatic heterocycles. The average Bonchev–Trinajstić information content (AvgIpc) is 3.14. The van der Waals surface area contributed by atoms with Crippen LogP contribution in [0.1, 0.15) is 63.8 Å². The van der Waals surface area contributed by atoms with Crippen molar-refractivity contribution < 1.29 is 38.0 Å². The number of hydrogen-bond donors (Lipinski definition) is 0. The second-order valence-electron chi connectivity index (χ2n) is 11.6. The lowest BCUT2D eigenvalue weighted by molar-refractivity contribution is -0.157. The van der Waals surface area contributed by atoms with Gasteiger partial charge in [-0.3, -0.25) is 0 Å². The molecule has 274 valence electrons. The molecular weight excluding hydrogens is 656 g/mol. The molecule has 8 heteroatoms. The average molecular weight is 707 g/mol. The highest BCUT2D eigenvalue weighted by molar-refractivity contribution is 5.75. The predicted octanol–water partition coefficient (Wildman–Crippen LogP) is 7.46. The largest absolute Gasteiger partial charge is 0.490 e. The predicted molar refractivity (Wildman–Crippen MR) is 203 cm³/mol. The van der Waals surface area contributed by atoms with Crippen LogP contribution < -0.4 is 9.47 Å². The number of hydrogen-bond acceptors (Lipinski definition) is 8. The third-order valence-electron chi connectivity index (χ3n) is 7.47. The molecule has 0 aliphatic carbocycles. The Balaban J connectivity index is 1.47. The van der Waals surface area contributed by atoms with E-state index in [0.717, 1.165) is 44.9 Å². The Labute approximate surface area is 309 Å². The molecule has 0 aliphatic rings. The number of rotatable bonds is 18. The van der Waals surface area contributed by atoms with Crippen molar-refractivity contribution in [2.75, 3.05) is 39.6 Å². The SMILES string of the molecule is CCOC(=O)[C@H](Cc1ccc(OCC=C(C)C#Cc2cccc(C#CC(C)=CCOc3ccc(C[C@H](OCC)C(=O)OCC)cc3)c2)cc1)OCC. The van der Waals surface area contributed by atoms with Crippen LogP contribution in [-0.4, -0.2) is 63.8 Å². The first kappa shape index (κ1) is 41.1. The van der Waals surface area contributed by atoms with Crippen LogP contribution in [0, 0.1) is 23.7 Å². The van der Waals surface area contributed by atoms with Crippen LogP contribution in [-0.2, 0) is 41.4 Å². The number of carbonyl (C=O) groups excluding carboxylic acids is 2. The molecule has 0 saturated heterocycles. The Hall–Kier alpha value is -5.28. The Kier molecular flexibility index (Phi) is 18.4. The van der Waals surface area contributed by atoms with Crippen molar-refractivity contribution in [3.05, 3.63) is 118 Å². The van der Waals surface area contributed by atoms with Crippen LogP contribution in [0.15, 0.2) is 96.1 Å². The van der Waals surface area contributed by atoms with E-state index in [1.165, 1.54) is 0 Å². The van der Waals surface area contributed by atoms with E-state index in [2.05, 4.69) is 23.7 Å². The fourth-order valence-corrected chi connectivity index (χ4v) is 4.81. The summed E-state index contributed by atoms with van der Waals surface area (Å²) in [6.45, 7) is 13.4. The third-order valence-corrected chi connectivity index (χ3v) is 7.47. The van der Waals surface area contributed by atoms with E-state index in [4.69, 9.17) is 28.4 Å². The van der Waals surface area contributed by atoms with Gasteiger partial charge < -0.3 is 28.4 Å². The van der Waals surface area contributed by atoms with E-state index in [1.807, 2.05) is 113 Å². The van der Waals surface area contributed by atoms with Crippen LogP contribution in [0.2, 0.25) is 0 Å². The monoisotopic (exact) mass is 706 g/mol. The summed E-state index contributed by atoms with van der Waals surface area (Å²) in [5.74, 6) is 13.5. The Bertz CT molecular complexity index is 1620. The molecule has 0 saturated carbocycles. The lowest BCUT2D eigenvalue weighted by Crippen LogP contribution is -2.28. The fraction of sp³-hybridized carbons (Fsp3) is 0.364. The number of benzene rings is 3. The minimum Gasteiger partial charge on any atom is -0.490 e. The lowest BCUT2D eigenvalue weighted by Gasteiger charge is -2.15. The Morgan fingerprint density at radius 2 is 1.00 bits per heavy atom. The van der Waals surface area contributed by atoms with Gasteiger partial charge in [-0.2, -0.15) is 0 Å². The molecule has 0 amide bonds. The van der Waals surface area contributed by atoms with Gasteiger partial charge >= 0.3 is 11.9 Å². The first-order valence-electron chi connectivity index (χ1n) is 17.7. The molecule has 0 fully saturated rings. The van der Waals surface area contributed by atoms with Crippen molar-refractivity contribution in [3.63, 3.8) is 0 Å². The van der Waals surface area contributed by atoms with Gasteiger partial charge in [-0.15, -0.1) is 0 Å². The summed E-state index contributed by atoms with van der Waals surface area (Å²) >= 11 is 0. The molecule has 3 aromatic carbocycles. The van der Waals surface area contributed by atoms with Gasteiger partial charge in [0.1, 0.15) is 24.7 Å². The van der Waals surface area contributed by atoms with Crippen LogP contribution in [0.4, 0.5) is 0 Å². The van der Waals surface area contributed by atoms with E-state index in [1.54, 1.807) is 13.8 Å². The van der Waals surface area contributed by atoms with E-state index in [0.29, 0.717) is 52.5 Å². The summed E-state index contributed by atoms with van der Waals surface area (Å²) < 4.78 is 33.1. The number of carbonyl (C=O) groups is 2.